The first-order valence-corrected chi connectivity index (χ1v) is 16.7. The zero-order chi connectivity index (χ0) is 16.7. The van der Waals surface area contributed by atoms with Gasteiger partial charge in [0.15, 0.2) is 0 Å². The maximum Gasteiger partial charge on any atom is -1.00 e. The van der Waals surface area contributed by atoms with Crippen LogP contribution in [0.15, 0.2) is 45.9 Å². The molecule has 4 aliphatic carbocycles. The number of allylic oxidation sites excluding steroid dienone is 8. The predicted molar refractivity (Wildman–Crippen MR) is 103 cm³/mol. The maximum absolute atomic E-state index is 2.66. The van der Waals surface area contributed by atoms with Crippen molar-refractivity contribution >= 4 is 6.19 Å². The molecule has 0 aliphatic heterocycles. The van der Waals surface area contributed by atoms with Crippen LogP contribution in [0.2, 0.25) is 17.3 Å². The maximum atomic E-state index is 2.66. The number of fused-ring (bicyclic) bond motifs is 3. The van der Waals surface area contributed by atoms with Crippen LogP contribution in [0.1, 0.15) is 45.4 Å². The fourth-order valence-electron chi connectivity index (χ4n) is 6.23. The first-order chi connectivity index (χ1) is 11.7. The van der Waals surface area contributed by atoms with Gasteiger partial charge < -0.3 is 24.8 Å². The van der Waals surface area contributed by atoms with Gasteiger partial charge in [-0.25, -0.2) is 0 Å². The van der Waals surface area contributed by atoms with Crippen LogP contribution in [0.4, 0.5) is 0 Å². The molecule has 4 rings (SSSR count). The van der Waals surface area contributed by atoms with E-state index in [1.807, 2.05) is 3.88 Å². The zero-order valence-electron chi connectivity index (χ0n) is 16.3. The van der Waals surface area contributed by atoms with Crippen LogP contribution in [-0.4, -0.2) is 6.19 Å². The van der Waals surface area contributed by atoms with E-state index in [2.05, 4.69) is 56.5 Å². The average Bonchev–Trinajstić information content (AvgIpc) is 3.19. The molecule has 0 spiro atoms. The van der Waals surface area contributed by atoms with E-state index in [1.165, 1.54) is 38.5 Å². The van der Waals surface area contributed by atoms with Crippen molar-refractivity contribution in [2.45, 2.75) is 62.8 Å². The van der Waals surface area contributed by atoms with Crippen molar-refractivity contribution in [3.05, 3.63) is 45.9 Å². The molecular formula is C22H32Cl2SiTi. The van der Waals surface area contributed by atoms with E-state index >= 15 is 0 Å². The van der Waals surface area contributed by atoms with Crippen LogP contribution < -0.4 is 24.8 Å². The molecule has 4 heteroatoms. The summed E-state index contributed by atoms with van der Waals surface area (Å²) < 4.78 is 3.09. The second kappa shape index (κ2) is 9.79. The molecule has 0 bridgehead atoms. The quantitative estimate of drug-likeness (QED) is 0.556. The topological polar surface area (TPSA) is 0 Å². The molecule has 5 atom stereocenters. The summed E-state index contributed by atoms with van der Waals surface area (Å²) in [6.07, 6.45) is 23.4. The molecule has 4 aliphatic rings. The molecule has 0 heterocycles. The first kappa shape index (κ1) is 22.8. The Kier molecular flexibility index (Phi) is 8.57. The summed E-state index contributed by atoms with van der Waals surface area (Å²) in [6.45, 7) is 7.70. The normalized spacial score (nSPS) is 33.7. The fourth-order valence-corrected chi connectivity index (χ4v) is 20.8. The second-order valence-corrected chi connectivity index (χ2v) is 20.6. The van der Waals surface area contributed by atoms with Crippen molar-refractivity contribution in [2.24, 2.45) is 23.7 Å². The van der Waals surface area contributed by atoms with Gasteiger partial charge in [0.1, 0.15) is 0 Å². The van der Waals surface area contributed by atoms with Crippen molar-refractivity contribution in [2.75, 3.05) is 0 Å². The summed E-state index contributed by atoms with van der Waals surface area (Å²) in [7, 11) is 0. The molecule has 2 saturated carbocycles. The standard InChI is InChI=1S/C13H17.C7H9.C2H6Si.2ClH.Ti/c1-3-7-12-10(5-1)9-11-6-2-4-8-13(11)12;1-2-7-5-3-4-6-7;1-3-2;;;/h1,3,5,7,9-13H,2,4,6,8H2;3,5H,2,4H2,1H3;1-2H3;2*1H;/q;;;;;+2/p-2. The molecule has 142 valence electrons. The Morgan fingerprint density at radius 3 is 2.31 bits per heavy atom. The minimum absolute atomic E-state index is 0. The van der Waals surface area contributed by atoms with Crippen LogP contribution >= 0.6 is 0 Å². The SMILES string of the molecule is CCC1=[C]([Ti+2]([CH]2C3C=CC=CC3C3CCCCC32)=[Si](C)C)CC=C1.[Cl-].[Cl-]. The molecule has 5 unspecified atom stereocenters. The molecular weight excluding hydrogens is 411 g/mol. The van der Waals surface area contributed by atoms with Crippen LogP contribution in [0.3, 0.4) is 0 Å². The van der Waals surface area contributed by atoms with Crippen molar-refractivity contribution in [1.29, 1.82) is 0 Å². The van der Waals surface area contributed by atoms with Crippen LogP contribution in [0.5, 0.6) is 0 Å². The number of hydrogen-bond donors (Lipinski definition) is 0. The third kappa shape index (κ3) is 3.94. The molecule has 0 N–H and O–H groups in total. The Labute approximate surface area is 179 Å². The van der Waals surface area contributed by atoms with Crippen LogP contribution in [-0.2, 0) is 16.6 Å². The van der Waals surface area contributed by atoms with Gasteiger partial charge in [-0.2, -0.15) is 0 Å². The van der Waals surface area contributed by atoms with Crippen LogP contribution in [0.25, 0.3) is 0 Å². The van der Waals surface area contributed by atoms with Gasteiger partial charge in [0.2, 0.25) is 0 Å². The summed E-state index contributed by atoms with van der Waals surface area (Å²) in [5.74, 6) is 3.85. The van der Waals surface area contributed by atoms with E-state index in [9.17, 15) is 0 Å². The molecule has 0 aromatic carbocycles. The average molecular weight is 443 g/mol. The molecule has 0 amide bonds. The van der Waals surface area contributed by atoms with Gasteiger partial charge in [-0.05, 0) is 0 Å². The number of hydrogen-bond acceptors (Lipinski definition) is 0. The van der Waals surface area contributed by atoms with E-state index in [-0.39, 0.29) is 31.0 Å². The van der Waals surface area contributed by atoms with E-state index < -0.39 is 16.6 Å². The molecule has 0 nitrogen and oxygen atoms in total. The van der Waals surface area contributed by atoms with Crippen molar-refractivity contribution < 1.29 is 41.4 Å². The first-order valence-electron chi connectivity index (χ1n) is 10.1. The molecule has 2 fully saturated rings. The Morgan fingerprint density at radius 2 is 1.65 bits per heavy atom. The van der Waals surface area contributed by atoms with E-state index in [0.717, 1.165) is 27.9 Å². The summed E-state index contributed by atoms with van der Waals surface area (Å²) in [4.78, 5) is 0. The zero-order valence-corrected chi connectivity index (χ0v) is 20.4. The van der Waals surface area contributed by atoms with Crippen molar-refractivity contribution in [3.63, 3.8) is 0 Å². The van der Waals surface area contributed by atoms with Gasteiger partial charge in [0.05, 0.1) is 0 Å². The second-order valence-electron chi connectivity index (χ2n) is 8.44. The van der Waals surface area contributed by atoms with Gasteiger partial charge in [-0.3, -0.25) is 0 Å². The molecule has 0 radical (unpaired) electrons. The minimum atomic E-state index is -1.19. The third-order valence-corrected chi connectivity index (χ3v) is 20.0. The van der Waals surface area contributed by atoms with Gasteiger partial charge in [-0.1, -0.05) is 0 Å². The van der Waals surface area contributed by atoms with Gasteiger partial charge in [0, 0.05) is 0 Å². The smallest absolute Gasteiger partial charge is 1.00 e. The van der Waals surface area contributed by atoms with Crippen molar-refractivity contribution in [3.8, 4) is 0 Å². The summed E-state index contributed by atoms with van der Waals surface area (Å²) in [5.41, 5.74) is 1.75. The van der Waals surface area contributed by atoms with Gasteiger partial charge in [0.25, 0.3) is 0 Å². The summed E-state index contributed by atoms with van der Waals surface area (Å²) in [6, 6.07) is 0. The Bertz CT molecular complexity index is 670. The van der Waals surface area contributed by atoms with E-state index in [1.54, 1.807) is 5.57 Å². The molecule has 26 heavy (non-hydrogen) atoms. The number of rotatable bonds is 3. The van der Waals surface area contributed by atoms with E-state index in [0.29, 0.717) is 0 Å². The summed E-state index contributed by atoms with van der Waals surface area (Å²) in [5, 5.41) is 0. The van der Waals surface area contributed by atoms with E-state index in [4.69, 9.17) is 0 Å². The Hall–Kier alpha value is 0.471. The minimum Gasteiger partial charge on any atom is -1.00 e. The van der Waals surface area contributed by atoms with Gasteiger partial charge in [-0.15, -0.1) is 0 Å². The van der Waals surface area contributed by atoms with Gasteiger partial charge >= 0.3 is 155 Å². The summed E-state index contributed by atoms with van der Waals surface area (Å²) >= 11 is -1.19. The predicted octanol–water partition coefficient (Wildman–Crippen LogP) is 0.455. The fraction of sp³-hybridized carbons (Fsp3) is 0.636. The third-order valence-electron chi connectivity index (χ3n) is 7.07. The Balaban J connectivity index is 0.00000121. The van der Waals surface area contributed by atoms with Crippen molar-refractivity contribution in [1.82, 2.24) is 0 Å². The number of halogens is 2. The Morgan fingerprint density at radius 1 is 1.00 bits per heavy atom. The molecule has 0 aromatic heterocycles. The largest absolute Gasteiger partial charge is 1.00 e. The molecule has 0 aromatic rings. The monoisotopic (exact) mass is 442 g/mol. The molecule has 0 saturated heterocycles. The van der Waals surface area contributed by atoms with Crippen LogP contribution in [0, 0.1) is 23.7 Å².